The summed E-state index contributed by atoms with van der Waals surface area (Å²) in [6, 6.07) is 17.7. The van der Waals surface area contributed by atoms with Crippen molar-refractivity contribution in [1.29, 1.82) is 0 Å². The lowest BCUT2D eigenvalue weighted by molar-refractivity contribution is -0.122. The Morgan fingerprint density at radius 2 is 1.69 bits per heavy atom. The molecule has 0 bridgehead atoms. The van der Waals surface area contributed by atoms with E-state index in [0.717, 1.165) is 40.2 Å². The van der Waals surface area contributed by atoms with Crippen LogP contribution in [0.4, 0.5) is 5.69 Å². The van der Waals surface area contributed by atoms with Gasteiger partial charge in [0.1, 0.15) is 5.57 Å². The number of nitrogens with zero attached hydrogens (tertiary/aromatic N) is 2. The number of carbonyl (C=O) groups excluding carboxylic acids is 2. The van der Waals surface area contributed by atoms with E-state index in [-0.39, 0.29) is 10.7 Å². The molecule has 32 heavy (non-hydrogen) atoms. The third kappa shape index (κ3) is 3.78. The van der Waals surface area contributed by atoms with Gasteiger partial charge in [-0.2, -0.15) is 0 Å². The number of para-hydroxylation sites is 1. The summed E-state index contributed by atoms with van der Waals surface area (Å²) in [4.78, 5) is 27.4. The van der Waals surface area contributed by atoms with E-state index in [1.807, 2.05) is 56.3 Å². The van der Waals surface area contributed by atoms with Crippen molar-refractivity contribution >= 4 is 40.9 Å². The third-order valence-electron chi connectivity index (χ3n) is 5.83. The molecule has 4 rings (SSSR count). The van der Waals surface area contributed by atoms with Gasteiger partial charge in [0.2, 0.25) is 0 Å². The van der Waals surface area contributed by atoms with E-state index in [4.69, 9.17) is 12.2 Å². The number of nitrogens with one attached hydrogen (secondary N) is 1. The predicted octanol–water partition coefficient (Wildman–Crippen LogP) is 4.80. The third-order valence-corrected chi connectivity index (χ3v) is 6.12. The fourth-order valence-corrected chi connectivity index (χ4v) is 4.33. The Kier molecular flexibility index (Phi) is 5.80. The second-order valence-corrected chi connectivity index (χ2v) is 8.31. The quantitative estimate of drug-likeness (QED) is 0.358. The zero-order chi connectivity index (χ0) is 23.0. The molecule has 2 heterocycles. The highest BCUT2D eigenvalue weighted by Crippen LogP contribution is 2.27. The Balaban J connectivity index is 1.75. The normalized spacial score (nSPS) is 15.4. The smallest absolute Gasteiger partial charge is 0.270 e. The monoisotopic (exact) mass is 443 g/mol. The molecule has 1 N–H and O–H groups in total. The Labute approximate surface area is 193 Å². The lowest BCUT2D eigenvalue weighted by Gasteiger charge is -2.29. The van der Waals surface area contributed by atoms with Crippen LogP contribution in [-0.4, -0.2) is 21.5 Å². The minimum absolute atomic E-state index is 0.0585. The van der Waals surface area contributed by atoms with E-state index >= 15 is 0 Å². The van der Waals surface area contributed by atoms with Gasteiger partial charge in [-0.3, -0.25) is 19.8 Å². The zero-order valence-corrected chi connectivity index (χ0v) is 19.4. The molecule has 0 radical (unpaired) electrons. The Morgan fingerprint density at radius 3 is 2.34 bits per heavy atom. The Morgan fingerprint density at radius 1 is 1.00 bits per heavy atom. The lowest BCUT2D eigenvalue weighted by Crippen LogP contribution is -2.54. The summed E-state index contributed by atoms with van der Waals surface area (Å²) < 4.78 is 2.14. The molecule has 0 atom stereocenters. The van der Waals surface area contributed by atoms with Gasteiger partial charge in [-0.15, -0.1) is 0 Å². The van der Waals surface area contributed by atoms with E-state index in [0.29, 0.717) is 5.69 Å². The van der Waals surface area contributed by atoms with Gasteiger partial charge in [0.15, 0.2) is 5.11 Å². The maximum atomic E-state index is 13.3. The number of rotatable bonds is 4. The van der Waals surface area contributed by atoms with Crippen molar-refractivity contribution in [3.63, 3.8) is 0 Å². The number of hydrogen-bond donors (Lipinski definition) is 1. The van der Waals surface area contributed by atoms with E-state index in [1.165, 1.54) is 4.90 Å². The number of aromatic nitrogens is 1. The second-order valence-electron chi connectivity index (χ2n) is 7.93. The average molecular weight is 444 g/mol. The highest BCUT2D eigenvalue weighted by atomic mass is 32.1. The van der Waals surface area contributed by atoms with Gasteiger partial charge in [-0.25, -0.2) is 0 Å². The predicted molar refractivity (Wildman–Crippen MR) is 132 cm³/mol. The van der Waals surface area contributed by atoms with E-state index in [1.54, 1.807) is 6.08 Å². The average Bonchev–Trinajstić information content (AvgIpc) is 3.04. The fourth-order valence-electron chi connectivity index (χ4n) is 4.05. The Hall–Kier alpha value is -3.51. The van der Waals surface area contributed by atoms with Crippen molar-refractivity contribution in [3.05, 3.63) is 88.2 Å². The van der Waals surface area contributed by atoms with Crippen molar-refractivity contribution in [1.82, 2.24) is 9.88 Å². The molecular formula is C26H25N3O2S. The molecule has 5 nitrogen and oxygen atoms in total. The van der Waals surface area contributed by atoms with Crippen molar-refractivity contribution < 1.29 is 9.59 Å². The van der Waals surface area contributed by atoms with Crippen LogP contribution in [0.1, 0.15) is 35.0 Å². The number of hydrogen-bond acceptors (Lipinski definition) is 3. The SMILES string of the molecule is CCc1ccc(N2C(=O)/C(=C/c3cc(C)n(-c4ccccc4C)c3C)C(=O)NC2=S)cc1. The van der Waals surface area contributed by atoms with Crippen LogP contribution in [0.15, 0.2) is 60.2 Å². The first kappa shape index (κ1) is 21.7. The number of amides is 2. The lowest BCUT2D eigenvalue weighted by atomic mass is 10.1. The summed E-state index contributed by atoms with van der Waals surface area (Å²) in [5.74, 6) is -0.911. The maximum absolute atomic E-state index is 13.3. The van der Waals surface area contributed by atoms with Gasteiger partial charge in [0.25, 0.3) is 11.8 Å². The van der Waals surface area contributed by atoms with Crippen LogP contribution in [0.5, 0.6) is 0 Å². The minimum atomic E-state index is -0.484. The number of carbonyl (C=O) groups is 2. The molecule has 0 saturated carbocycles. The van der Waals surface area contributed by atoms with E-state index < -0.39 is 11.8 Å². The summed E-state index contributed by atoms with van der Waals surface area (Å²) in [7, 11) is 0. The van der Waals surface area contributed by atoms with Gasteiger partial charge < -0.3 is 4.57 Å². The standard InChI is InChI=1S/C26H25N3O2S/c1-5-19-10-12-21(13-11-19)29-25(31)22(24(30)27-26(29)32)15-20-14-17(3)28(18(20)4)23-9-7-6-8-16(23)2/h6-15H,5H2,1-4H3,(H,27,30,32)/b22-15+. The summed E-state index contributed by atoms with van der Waals surface area (Å²) in [6.07, 6.45) is 2.56. The molecule has 1 aromatic heterocycles. The van der Waals surface area contributed by atoms with Crippen LogP contribution in [0.2, 0.25) is 0 Å². The zero-order valence-electron chi connectivity index (χ0n) is 18.6. The molecule has 1 aliphatic heterocycles. The van der Waals surface area contributed by atoms with Gasteiger partial charge >= 0.3 is 0 Å². The first-order valence-corrected chi connectivity index (χ1v) is 11.0. The van der Waals surface area contributed by atoms with Crippen LogP contribution < -0.4 is 10.2 Å². The van der Waals surface area contributed by atoms with Gasteiger partial charge in [0, 0.05) is 17.1 Å². The molecule has 162 valence electrons. The van der Waals surface area contributed by atoms with Gasteiger partial charge in [-0.05, 0) is 86.4 Å². The fraction of sp³-hybridized carbons (Fsp3) is 0.192. The topological polar surface area (TPSA) is 54.3 Å². The molecule has 3 aromatic rings. The van der Waals surface area contributed by atoms with Crippen molar-refractivity contribution in [2.24, 2.45) is 0 Å². The van der Waals surface area contributed by atoms with Crippen LogP contribution in [-0.2, 0) is 16.0 Å². The molecule has 1 saturated heterocycles. The van der Waals surface area contributed by atoms with Crippen LogP contribution >= 0.6 is 12.2 Å². The molecule has 0 spiro atoms. The number of benzene rings is 2. The summed E-state index contributed by atoms with van der Waals surface area (Å²) in [5.41, 5.74) is 6.87. The second kappa shape index (κ2) is 8.55. The van der Waals surface area contributed by atoms with Crippen molar-refractivity contribution in [2.45, 2.75) is 34.1 Å². The maximum Gasteiger partial charge on any atom is 0.270 e. The number of aryl methyl sites for hydroxylation is 3. The summed E-state index contributed by atoms with van der Waals surface area (Å²) in [6.45, 7) is 8.14. The first-order chi connectivity index (χ1) is 15.3. The molecule has 2 amide bonds. The summed E-state index contributed by atoms with van der Waals surface area (Å²) in [5, 5.41) is 2.75. The van der Waals surface area contributed by atoms with Crippen molar-refractivity contribution in [3.8, 4) is 5.69 Å². The first-order valence-electron chi connectivity index (χ1n) is 10.6. The molecule has 1 fully saturated rings. The Bertz CT molecular complexity index is 1270. The number of anilines is 1. The molecular weight excluding hydrogens is 418 g/mol. The van der Waals surface area contributed by atoms with E-state index in [9.17, 15) is 9.59 Å². The highest BCUT2D eigenvalue weighted by Gasteiger charge is 2.34. The molecule has 6 heteroatoms. The number of thiocarbonyl (C=S) groups is 1. The minimum Gasteiger partial charge on any atom is -0.318 e. The van der Waals surface area contributed by atoms with Crippen molar-refractivity contribution in [2.75, 3.05) is 4.90 Å². The van der Waals surface area contributed by atoms with Gasteiger partial charge in [0.05, 0.1) is 5.69 Å². The van der Waals surface area contributed by atoms with Gasteiger partial charge in [-0.1, -0.05) is 37.3 Å². The molecule has 0 unspecified atom stereocenters. The largest absolute Gasteiger partial charge is 0.318 e. The van der Waals surface area contributed by atoms with Crippen LogP contribution in [0, 0.1) is 20.8 Å². The molecule has 2 aromatic carbocycles. The molecule has 0 aliphatic carbocycles. The van der Waals surface area contributed by atoms with Crippen LogP contribution in [0.3, 0.4) is 0 Å². The van der Waals surface area contributed by atoms with Crippen LogP contribution in [0.25, 0.3) is 11.8 Å². The summed E-state index contributed by atoms with van der Waals surface area (Å²) >= 11 is 5.31. The highest BCUT2D eigenvalue weighted by molar-refractivity contribution is 7.80. The van der Waals surface area contributed by atoms with E-state index in [2.05, 4.69) is 35.9 Å². The molecule has 1 aliphatic rings.